The molecule has 4 rings (SSSR count). The summed E-state index contributed by atoms with van der Waals surface area (Å²) in [5, 5.41) is 8.46. The number of sulfonamides is 1. The van der Waals surface area contributed by atoms with E-state index in [0.29, 0.717) is 0 Å². The molecule has 4 aromatic rings. The van der Waals surface area contributed by atoms with Gasteiger partial charge in [-0.3, -0.25) is 9.10 Å². The Hall–Kier alpha value is -3.42. The van der Waals surface area contributed by atoms with Crippen molar-refractivity contribution in [3.05, 3.63) is 89.4 Å². The Labute approximate surface area is 191 Å². The van der Waals surface area contributed by atoms with Crippen molar-refractivity contribution in [2.75, 3.05) is 17.1 Å². The van der Waals surface area contributed by atoms with Gasteiger partial charge in [0.15, 0.2) is 0 Å². The number of halogens is 1. The Kier molecular flexibility index (Phi) is 6.12. The van der Waals surface area contributed by atoms with E-state index in [9.17, 15) is 13.2 Å². The first kappa shape index (κ1) is 21.8. The van der Waals surface area contributed by atoms with Crippen LogP contribution in [0.25, 0.3) is 21.5 Å². The van der Waals surface area contributed by atoms with Crippen molar-refractivity contribution in [1.82, 2.24) is 5.43 Å². The molecule has 8 heteroatoms. The maximum atomic E-state index is 12.5. The Morgan fingerprint density at radius 3 is 2.12 bits per heavy atom. The van der Waals surface area contributed by atoms with Gasteiger partial charge in [0.25, 0.3) is 5.91 Å². The molecule has 0 radical (unpaired) electrons. The number of para-hydroxylation sites is 1. The van der Waals surface area contributed by atoms with Crippen LogP contribution in [0.4, 0.5) is 5.69 Å². The molecule has 0 aliphatic rings. The molecule has 0 atom stereocenters. The number of hydrazone groups is 1. The zero-order valence-corrected chi connectivity index (χ0v) is 18.8. The number of nitrogens with one attached hydrogen (secondary N) is 1. The van der Waals surface area contributed by atoms with Crippen LogP contribution < -0.4 is 9.73 Å². The molecule has 1 N–H and O–H groups in total. The quantitative estimate of drug-likeness (QED) is 0.257. The molecule has 0 saturated carbocycles. The van der Waals surface area contributed by atoms with E-state index in [-0.39, 0.29) is 10.7 Å². The van der Waals surface area contributed by atoms with Gasteiger partial charge in [0.2, 0.25) is 10.0 Å². The van der Waals surface area contributed by atoms with Crippen molar-refractivity contribution in [1.29, 1.82) is 0 Å². The number of carbonyl (C=O) groups is 1. The molecule has 0 heterocycles. The second kappa shape index (κ2) is 8.98. The van der Waals surface area contributed by atoms with Crippen molar-refractivity contribution in [3.63, 3.8) is 0 Å². The third kappa shape index (κ3) is 4.59. The predicted octanol–water partition coefficient (Wildman–Crippen LogP) is 4.56. The Bertz CT molecular complexity index is 1400. The standard InChI is InChI=1S/C24H20ClN3O3S/c1-32(30,31)28(23-13-7-6-12-22(23)25)16-24(29)27-26-15-21-19-10-4-2-8-17(19)14-18-9-3-5-11-20(18)21/h2-15H,16H2,1H3,(H,27,29)/b26-15+. The lowest BCUT2D eigenvalue weighted by atomic mass is 9.97. The fourth-order valence-electron chi connectivity index (χ4n) is 3.56. The summed E-state index contributed by atoms with van der Waals surface area (Å²) in [5.74, 6) is -0.587. The number of rotatable bonds is 6. The van der Waals surface area contributed by atoms with E-state index in [1.807, 2.05) is 48.5 Å². The molecule has 6 nitrogen and oxygen atoms in total. The third-order valence-electron chi connectivity index (χ3n) is 5.00. The smallest absolute Gasteiger partial charge is 0.260 e. The molecule has 32 heavy (non-hydrogen) atoms. The maximum absolute atomic E-state index is 12.5. The van der Waals surface area contributed by atoms with Gasteiger partial charge in [-0.05, 0) is 39.7 Å². The molecule has 0 aliphatic carbocycles. The molecule has 1 amide bonds. The third-order valence-corrected chi connectivity index (χ3v) is 6.45. The van der Waals surface area contributed by atoms with Crippen LogP contribution in [0.1, 0.15) is 5.56 Å². The van der Waals surface area contributed by atoms with E-state index in [2.05, 4.69) is 16.6 Å². The zero-order valence-electron chi connectivity index (χ0n) is 17.2. The van der Waals surface area contributed by atoms with E-state index in [4.69, 9.17) is 11.6 Å². The Balaban J connectivity index is 1.61. The number of amides is 1. The molecule has 162 valence electrons. The highest BCUT2D eigenvalue weighted by molar-refractivity contribution is 7.92. The molecule has 4 aromatic carbocycles. The lowest BCUT2D eigenvalue weighted by Crippen LogP contribution is -2.39. The number of anilines is 1. The zero-order chi connectivity index (χ0) is 22.7. The van der Waals surface area contributed by atoms with Crippen molar-refractivity contribution in [2.24, 2.45) is 5.10 Å². The number of hydrogen-bond donors (Lipinski definition) is 1. The van der Waals surface area contributed by atoms with Crippen LogP contribution in [0, 0.1) is 0 Å². The number of carbonyl (C=O) groups excluding carboxylic acids is 1. The molecule has 0 aromatic heterocycles. The van der Waals surface area contributed by atoms with Gasteiger partial charge < -0.3 is 0 Å². The highest BCUT2D eigenvalue weighted by atomic mass is 35.5. The lowest BCUT2D eigenvalue weighted by Gasteiger charge is -2.22. The summed E-state index contributed by atoms with van der Waals surface area (Å²) in [6, 6.07) is 24.4. The molecule has 0 unspecified atom stereocenters. The summed E-state index contributed by atoms with van der Waals surface area (Å²) in [5.41, 5.74) is 3.53. The van der Waals surface area contributed by atoms with E-state index in [1.54, 1.807) is 30.5 Å². The molecule has 0 bridgehead atoms. The minimum Gasteiger partial charge on any atom is -0.271 e. The predicted molar refractivity (Wildman–Crippen MR) is 131 cm³/mol. The highest BCUT2D eigenvalue weighted by Crippen LogP contribution is 2.28. The monoisotopic (exact) mass is 465 g/mol. The lowest BCUT2D eigenvalue weighted by molar-refractivity contribution is -0.119. The van der Waals surface area contributed by atoms with Gasteiger partial charge in [0, 0.05) is 5.56 Å². The van der Waals surface area contributed by atoms with Crippen LogP contribution in [-0.4, -0.2) is 33.3 Å². The van der Waals surface area contributed by atoms with E-state index >= 15 is 0 Å². The number of hydrogen-bond acceptors (Lipinski definition) is 4. The van der Waals surface area contributed by atoms with Crippen molar-refractivity contribution in [3.8, 4) is 0 Å². The SMILES string of the molecule is CS(=O)(=O)N(CC(=O)N/N=C/c1c2ccccc2cc2ccccc12)c1ccccc1Cl. The van der Waals surface area contributed by atoms with Crippen molar-refractivity contribution in [2.45, 2.75) is 0 Å². The Morgan fingerprint density at radius 1 is 0.969 bits per heavy atom. The summed E-state index contributed by atoms with van der Waals surface area (Å²) in [6.45, 7) is -0.448. The first-order valence-corrected chi connectivity index (χ1v) is 12.0. The summed E-state index contributed by atoms with van der Waals surface area (Å²) < 4.78 is 25.5. The number of benzene rings is 4. The van der Waals surface area contributed by atoms with Crippen molar-refractivity contribution < 1.29 is 13.2 Å². The average Bonchev–Trinajstić information content (AvgIpc) is 2.77. The minimum absolute atomic E-state index is 0.232. The Morgan fingerprint density at radius 2 is 1.53 bits per heavy atom. The van der Waals surface area contributed by atoms with Gasteiger partial charge in [-0.25, -0.2) is 13.8 Å². The number of nitrogens with zero attached hydrogens (tertiary/aromatic N) is 2. The van der Waals surface area contributed by atoms with Gasteiger partial charge in [0.1, 0.15) is 6.54 Å². The molecular weight excluding hydrogens is 446 g/mol. The largest absolute Gasteiger partial charge is 0.271 e. The molecular formula is C24H20ClN3O3S. The van der Waals surface area contributed by atoms with Crippen LogP contribution in [0.15, 0.2) is 84.0 Å². The van der Waals surface area contributed by atoms with Gasteiger partial charge in [0.05, 0.1) is 23.2 Å². The van der Waals surface area contributed by atoms with E-state index in [1.165, 1.54) is 0 Å². The normalized spacial score (nSPS) is 11.8. The molecule has 0 spiro atoms. The minimum atomic E-state index is -3.73. The first-order valence-electron chi connectivity index (χ1n) is 9.79. The molecule has 0 fully saturated rings. The highest BCUT2D eigenvalue weighted by Gasteiger charge is 2.22. The van der Waals surface area contributed by atoms with Crippen LogP contribution in [0.3, 0.4) is 0 Å². The number of fused-ring (bicyclic) bond motifs is 2. The van der Waals surface area contributed by atoms with Crippen LogP contribution >= 0.6 is 11.6 Å². The van der Waals surface area contributed by atoms with Gasteiger partial charge in [-0.15, -0.1) is 0 Å². The van der Waals surface area contributed by atoms with Gasteiger partial charge >= 0.3 is 0 Å². The van der Waals surface area contributed by atoms with Gasteiger partial charge in [-0.2, -0.15) is 5.10 Å². The fraction of sp³-hybridized carbons (Fsp3) is 0.0833. The first-order chi connectivity index (χ1) is 15.3. The second-order valence-corrected chi connectivity index (χ2v) is 9.56. The topological polar surface area (TPSA) is 78.8 Å². The molecule has 0 saturated heterocycles. The van der Waals surface area contributed by atoms with Crippen LogP contribution in [-0.2, 0) is 14.8 Å². The van der Waals surface area contributed by atoms with Crippen LogP contribution in [0.2, 0.25) is 5.02 Å². The molecule has 0 aliphatic heterocycles. The summed E-state index contributed by atoms with van der Waals surface area (Å²) in [4.78, 5) is 12.5. The summed E-state index contributed by atoms with van der Waals surface area (Å²) in [7, 11) is -3.73. The maximum Gasteiger partial charge on any atom is 0.260 e. The fourth-order valence-corrected chi connectivity index (χ4v) is 4.71. The van der Waals surface area contributed by atoms with Crippen LogP contribution in [0.5, 0.6) is 0 Å². The summed E-state index contributed by atoms with van der Waals surface area (Å²) >= 11 is 6.14. The second-order valence-electron chi connectivity index (χ2n) is 7.25. The van der Waals surface area contributed by atoms with Gasteiger partial charge in [-0.1, -0.05) is 72.3 Å². The average molecular weight is 466 g/mol. The van der Waals surface area contributed by atoms with E-state index in [0.717, 1.165) is 37.7 Å². The van der Waals surface area contributed by atoms with Crippen molar-refractivity contribution >= 4 is 61.0 Å². The summed E-state index contributed by atoms with van der Waals surface area (Å²) in [6.07, 6.45) is 2.61. The van der Waals surface area contributed by atoms with E-state index < -0.39 is 22.5 Å².